The van der Waals surface area contributed by atoms with Crippen LogP contribution >= 0.6 is 15.9 Å². The zero-order chi connectivity index (χ0) is 21.7. The van der Waals surface area contributed by atoms with E-state index in [2.05, 4.69) is 15.9 Å². The second-order valence-corrected chi connectivity index (χ2v) is 11.3. The van der Waals surface area contributed by atoms with Gasteiger partial charge in [-0.05, 0) is 83.9 Å². The average Bonchev–Trinajstić information content (AvgIpc) is 3.22. The zero-order valence-electron chi connectivity index (χ0n) is 18.3. The summed E-state index contributed by atoms with van der Waals surface area (Å²) in [5.74, 6) is -0.155. The third-order valence-corrected chi connectivity index (χ3v) is 6.37. The van der Waals surface area contributed by atoms with Crippen molar-refractivity contribution in [1.29, 1.82) is 0 Å². The molecule has 2 fully saturated rings. The molecular weight excluding hydrogens is 434 g/mol. The van der Waals surface area contributed by atoms with E-state index in [4.69, 9.17) is 9.47 Å². The Kier molecular flexibility index (Phi) is 5.57. The largest absolute Gasteiger partial charge is 0.459 e. The number of benzene rings is 1. The van der Waals surface area contributed by atoms with Crippen molar-refractivity contribution in [2.75, 3.05) is 13.1 Å². The molecule has 1 aliphatic carbocycles. The van der Waals surface area contributed by atoms with Crippen LogP contribution in [0.15, 0.2) is 28.7 Å². The molecule has 160 valence electrons. The zero-order valence-corrected chi connectivity index (χ0v) is 19.9. The van der Waals surface area contributed by atoms with Gasteiger partial charge in [-0.25, -0.2) is 4.79 Å². The van der Waals surface area contributed by atoms with Crippen LogP contribution in [-0.4, -0.2) is 41.3 Å². The van der Waals surface area contributed by atoms with E-state index in [-0.39, 0.29) is 17.5 Å². The van der Waals surface area contributed by atoms with Crippen LogP contribution < -0.4 is 0 Å². The van der Waals surface area contributed by atoms with Crippen LogP contribution in [0.25, 0.3) is 0 Å². The number of ether oxygens (including phenoxy) is 2. The molecule has 0 N–H and O–H groups in total. The Morgan fingerprint density at radius 1 is 0.931 bits per heavy atom. The summed E-state index contributed by atoms with van der Waals surface area (Å²) in [5.41, 5.74) is -0.854. The van der Waals surface area contributed by atoms with Gasteiger partial charge in [0.25, 0.3) is 0 Å². The summed E-state index contributed by atoms with van der Waals surface area (Å²) in [6, 6.07) is 7.98. The van der Waals surface area contributed by atoms with Gasteiger partial charge in [-0.15, -0.1) is 0 Å². The molecule has 2 aliphatic rings. The summed E-state index contributed by atoms with van der Waals surface area (Å²) in [4.78, 5) is 27.6. The van der Waals surface area contributed by atoms with Crippen molar-refractivity contribution < 1.29 is 19.1 Å². The van der Waals surface area contributed by atoms with E-state index in [0.717, 1.165) is 29.3 Å². The lowest BCUT2D eigenvalue weighted by Gasteiger charge is -2.36. The Balaban J connectivity index is 1.81. The van der Waals surface area contributed by atoms with E-state index in [1.807, 2.05) is 65.8 Å². The Hall–Kier alpha value is -1.56. The molecule has 0 aromatic heterocycles. The molecule has 1 unspecified atom stereocenters. The monoisotopic (exact) mass is 465 g/mol. The highest BCUT2D eigenvalue weighted by Crippen LogP contribution is 2.70. The standard InChI is InChI=1S/C23H32BrNO4/c1-20(2,3)28-18(26)23(16-7-9-17(24)10-8-16)15-22(23)11-13-25(14-12-22)19(27)29-21(4,5)6/h7-10H,11-15H2,1-6H3. The highest BCUT2D eigenvalue weighted by Gasteiger charge is 2.73. The van der Waals surface area contributed by atoms with E-state index in [0.29, 0.717) is 13.1 Å². The molecule has 5 nitrogen and oxygen atoms in total. The van der Waals surface area contributed by atoms with Crippen molar-refractivity contribution in [2.24, 2.45) is 5.41 Å². The van der Waals surface area contributed by atoms with Crippen LogP contribution in [0, 0.1) is 5.41 Å². The van der Waals surface area contributed by atoms with Crippen molar-refractivity contribution in [3.05, 3.63) is 34.3 Å². The van der Waals surface area contributed by atoms with Crippen molar-refractivity contribution >= 4 is 28.0 Å². The summed E-state index contributed by atoms with van der Waals surface area (Å²) in [5, 5.41) is 0. The molecule has 1 saturated heterocycles. The maximum absolute atomic E-state index is 13.4. The molecule has 1 amide bonds. The number of carbonyl (C=O) groups is 2. The van der Waals surface area contributed by atoms with Crippen molar-refractivity contribution in [3.8, 4) is 0 Å². The second kappa shape index (κ2) is 7.29. The van der Waals surface area contributed by atoms with Crippen molar-refractivity contribution in [2.45, 2.75) is 77.4 Å². The molecule has 0 bridgehead atoms. The minimum Gasteiger partial charge on any atom is -0.459 e. The molecule has 0 radical (unpaired) electrons. The summed E-state index contributed by atoms with van der Waals surface area (Å²) in [6.07, 6.45) is 2.02. The van der Waals surface area contributed by atoms with Gasteiger partial charge in [0.15, 0.2) is 0 Å². The van der Waals surface area contributed by atoms with Crippen LogP contribution in [0.3, 0.4) is 0 Å². The van der Waals surface area contributed by atoms with Gasteiger partial charge in [0.05, 0.1) is 5.41 Å². The normalized spacial score (nSPS) is 23.6. The first-order chi connectivity index (χ1) is 13.3. The number of hydrogen-bond donors (Lipinski definition) is 0. The maximum atomic E-state index is 13.4. The van der Waals surface area contributed by atoms with Gasteiger partial charge >= 0.3 is 12.1 Å². The third-order valence-electron chi connectivity index (χ3n) is 5.84. The summed E-state index contributed by atoms with van der Waals surface area (Å²) < 4.78 is 12.4. The van der Waals surface area contributed by atoms with Crippen LogP contribution in [0.5, 0.6) is 0 Å². The SMILES string of the molecule is CC(C)(C)OC(=O)N1CCC2(CC1)CC2(C(=O)OC(C)(C)C)c1ccc(Br)cc1. The molecule has 29 heavy (non-hydrogen) atoms. The lowest BCUT2D eigenvalue weighted by Crippen LogP contribution is -2.45. The third kappa shape index (κ3) is 4.47. The summed E-state index contributed by atoms with van der Waals surface area (Å²) in [7, 11) is 0. The van der Waals surface area contributed by atoms with Crippen molar-refractivity contribution in [3.63, 3.8) is 0 Å². The van der Waals surface area contributed by atoms with E-state index in [1.165, 1.54) is 0 Å². The lowest BCUT2D eigenvalue weighted by molar-refractivity contribution is -0.159. The molecule has 1 aromatic rings. The number of nitrogens with zero attached hydrogens (tertiary/aromatic N) is 1. The van der Waals surface area contributed by atoms with Gasteiger partial charge in [0.1, 0.15) is 11.2 Å². The number of carbonyl (C=O) groups excluding carboxylic acids is 2. The molecule has 1 aliphatic heterocycles. The second-order valence-electron chi connectivity index (χ2n) is 10.3. The molecule has 1 heterocycles. The van der Waals surface area contributed by atoms with Crippen LogP contribution in [-0.2, 0) is 19.7 Å². The fraction of sp³-hybridized carbons (Fsp3) is 0.652. The Morgan fingerprint density at radius 3 is 1.93 bits per heavy atom. The summed E-state index contributed by atoms with van der Waals surface area (Å²) in [6.45, 7) is 12.5. The number of halogens is 1. The van der Waals surface area contributed by atoms with Crippen LogP contribution in [0.2, 0.25) is 0 Å². The van der Waals surface area contributed by atoms with E-state index >= 15 is 0 Å². The number of rotatable bonds is 2. The molecule has 3 rings (SSSR count). The van der Waals surface area contributed by atoms with Gasteiger partial charge in [-0.3, -0.25) is 4.79 Å². The number of amides is 1. The molecule has 1 saturated carbocycles. The predicted molar refractivity (Wildman–Crippen MR) is 116 cm³/mol. The first-order valence-corrected chi connectivity index (χ1v) is 11.0. The minimum absolute atomic E-state index is 0.155. The highest BCUT2D eigenvalue weighted by molar-refractivity contribution is 9.10. The number of likely N-dealkylation sites (tertiary alicyclic amines) is 1. The predicted octanol–water partition coefficient (Wildman–Crippen LogP) is 5.45. The number of piperidine rings is 1. The highest BCUT2D eigenvalue weighted by atomic mass is 79.9. The molecule has 6 heteroatoms. The Morgan fingerprint density at radius 2 is 1.45 bits per heavy atom. The Labute approximate surface area is 182 Å². The van der Waals surface area contributed by atoms with Gasteiger partial charge < -0.3 is 14.4 Å². The van der Waals surface area contributed by atoms with Crippen LogP contribution in [0.4, 0.5) is 4.79 Å². The summed E-state index contributed by atoms with van der Waals surface area (Å²) >= 11 is 3.48. The van der Waals surface area contributed by atoms with Crippen LogP contribution in [0.1, 0.15) is 66.4 Å². The fourth-order valence-corrected chi connectivity index (χ4v) is 4.69. The number of esters is 1. The van der Waals surface area contributed by atoms with Crippen molar-refractivity contribution in [1.82, 2.24) is 4.90 Å². The van der Waals surface area contributed by atoms with Gasteiger partial charge in [-0.2, -0.15) is 0 Å². The average molecular weight is 466 g/mol. The fourth-order valence-electron chi connectivity index (χ4n) is 4.43. The molecule has 1 atom stereocenters. The smallest absolute Gasteiger partial charge is 0.410 e. The van der Waals surface area contributed by atoms with Gasteiger partial charge in [0.2, 0.25) is 0 Å². The van der Waals surface area contributed by atoms with E-state index in [1.54, 1.807) is 4.90 Å². The Bertz CT molecular complexity index is 783. The molecular formula is C23H32BrNO4. The number of hydrogen-bond acceptors (Lipinski definition) is 4. The van der Waals surface area contributed by atoms with Gasteiger partial charge in [-0.1, -0.05) is 28.1 Å². The van der Waals surface area contributed by atoms with E-state index < -0.39 is 16.6 Å². The minimum atomic E-state index is -0.638. The van der Waals surface area contributed by atoms with Gasteiger partial charge in [0, 0.05) is 17.6 Å². The topological polar surface area (TPSA) is 55.8 Å². The lowest BCUT2D eigenvalue weighted by atomic mass is 9.80. The molecule has 1 spiro atoms. The first kappa shape index (κ1) is 22.1. The van der Waals surface area contributed by atoms with E-state index in [9.17, 15) is 9.59 Å². The quantitative estimate of drug-likeness (QED) is 0.544. The maximum Gasteiger partial charge on any atom is 0.410 e. The first-order valence-electron chi connectivity index (χ1n) is 10.3. The molecule has 1 aromatic carbocycles.